The molecule has 0 atom stereocenters. The second-order valence-corrected chi connectivity index (χ2v) is 9.66. The number of fused-ring (bicyclic) bond motifs is 1. The predicted octanol–water partition coefficient (Wildman–Crippen LogP) is 4.17. The van der Waals surface area contributed by atoms with Gasteiger partial charge in [-0.2, -0.15) is 0 Å². The number of amides is 3. The number of hydrogen-bond donors (Lipinski definition) is 2. The van der Waals surface area contributed by atoms with Crippen LogP contribution >= 0.6 is 0 Å². The standard InChI is InChI=1S/C27H23F2N5O4S/c28-20-8-11-23(22(29)17-20)31-27(36)33-15-13-32(14-16-33)26(35)19-6-9-21(10-7-19)34(39(37)38)24-5-1-3-18-4-2-12-30-25(18)24/h1-12,17,39H,13-16H2,(H,31,36). The molecule has 0 spiro atoms. The number of nitrogens with zero attached hydrogens (tertiary/aromatic N) is 4. The first-order chi connectivity index (χ1) is 18.8. The van der Waals surface area contributed by atoms with Crippen molar-refractivity contribution < 1.29 is 26.8 Å². The Balaban J connectivity index is 1.25. The van der Waals surface area contributed by atoms with E-state index in [1.807, 2.05) is 12.1 Å². The molecule has 200 valence electrons. The van der Waals surface area contributed by atoms with E-state index in [0.717, 1.165) is 21.8 Å². The maximum atomic E-state index is 13.9. The number of nitrogens with one attached hydrogen (secondary N) is 1. The molecule has 1 fully saturated rings. The van der Waals surface area contributed by atoms with E-state index in [4.69, 9.17) is 0 Å². The summed E-state index contributed by atoms with van der Waals surface area (Å²) in [5.41, 5.74) is 1.52. The number of benzene rings is 3. The molecule has 0 radical (unpaired) electrons. The summed E-state index contributed by atoms with van der Waals surface area (Å²) >= 11 is 0. The number of halogens is 2. The van der Waals surface area contributed by atoms with Crippen molar-refractivity contribution in [3.8, 4) is 0 Å². The molecule has 3 amide bonds. The van der Waals surface area contributed by atoms with E-state index in [-0.39, 0.29) is 37.8 Å². The molecule has 1 aromatic heterocycles. The van der Waals surface area contributed by atoms with E-state index < -0.39 is 28.6 Å². The number of carbonyl (C=O) groups excluding carboxylic acids is 2. The minimum absolute atomic E-state index is 0.131. The van der Waals surface area contributed by atoms with Crippen LogP contribution in [-0.2, 0) is 10.9 Å². The van der Waals surface area contributed by atoms with Crippen LogP contribution in [0.5, 0.6) is 0 Å². The summed E-state index contributed by atoms with van der Waals surface area (Å²) in [6, 6.07) is 17.4. The highest BCUT2D eigenvalue weighted by Gasteiger charge is 2.26. The van der Waals surface area contributed by atoms with Crippen molar-refractivity contribution in [1.82, 2.24) is 14.8 Å². The fourth-order valence-corrected chi connectivity index (χ4v) is 5.07. The van der Waals surface area contributed by atoms with Gasteiger partial charge in [0.1, 0.15) is 11.6 Å². The number of aromatic nitrogens is 1. The van der Waals surface area contributed by atoms with E-state index in [2.05, 4.69) is 10.3 Å². The lowest BCUT2D eigenvalue weighted by molar-refractivity contribution is 0.0671. The van der Waals surface area contributed by atoms with Crippen LogP contribution in [0.2, 0.25) is 0 Å². The Bertz CT molecular complexity index is 1610. The van der Waals surface area contributed by atoms with Gasteiger partial charge < -0.3 is 15.1 Å². The van der Waals surface area contributed by atoms with Gasteiger partial charge in [-0.25, -0.2) is 26.3 Å². The van der Waals surface area contributed by atoms with Crippen LogP contribution in [0.15, 0.2) is 79.0 Å². The highest BCUT2D eigenvalue weighted by atomic mass is 32.2. The molecule has 3 aromatic carbocycles. The number of thiol groups is 1. The molecule has 39 heavy (non-hydrogen) atoms. The number of piperazine rings is 1. The molecule has 4 aromatic rings. The van der Waals surface area contributed by atoms with Crippen LogP contribution in [0.4, 0.5) is 30.6 Å². The summed E-state index contributed by atoms with van der Waals surface area (Å²) in [5, 5.41) is 3.21. The molecular formula is C27H23F2N5O4S. The summed E-state index contributed by atoms with van der Waals surface area (Å²) in [4.78, 5) is 32.9. The Morgan fingerprint density at radius 3 is 2.26 bits per heavy atom. The Labute approximate surface area is 224 Å². The van der Waals surface area contributed by atoms with Gasteiger partial charge in [-0.1, -0.05) is 18.2 Å². The Morgan fingerprint density at radius 1 is 0.872 bits per heavy atom. The molecule has 1 N–H and O–H groups in total. The van der Waals surface area contributed by atoms with Crippen molar-refractivity contribution in [2.45, 2.75) is 0 Å². The second kappa shape index (κ2) is 11.0. The molecule has 1 saturated heterocycles. The first kappa shape index (κ1) is 26.0. The Hall–Kier alpha value is -4.58. The fourth-order valence-electron chi connectivity index (χ4n) is 4.41. The number of rotatable bonds is 5. The van der Waals surface area contributed by atoms with Crippen molar-refractivity contribution in [2.75, 3.05) is 35.8 Å². The molecule has 0 aliphatic carbocycles. The highest BCUT2D eigenvalue weighted by Crippen LogP contribution is 2.31. The van der Waals surface area contributed by atoms with E-state index in [0.29, 0.717) is 28.5 Å². The van der Waals surface area contributed by atoms with Crippen molar-refractivity contribution in [1.29, 1.82) is 0 Å². The van der Waals surface area contributed by atoms with Crippen LogP contribution in [0.1, 0.15) is 10.4 Å². The van der Waals surface area contributed by atoms with Gasteiger partial charge in [-0.15, -0.1) is 0 Å². The zero-order valence-electron chi connectivity index (χ0n) is 20.5. The number of hydrogen-bond acceptors (Lipinski definition) is 5. The summed E-state index contributed by atoms with van der Waals surface area (Å²) in [5.74, 6) is -1.89. The molecule has 0 saturated carbocycles. The lowest BCUT2D eigenvalue weighted by Crippen LogP contribution is -2.51. The van der Waals surface area contributed by atoms with Gasteiger partial charge in [0, 0.05) is 49.4 Å². The van der Waals surface area contributed by atoms with E-state index in [1.54, 1.807) is 53.6 Å². The molecule has 5 rings (SSSR count). The Kier molecular flexibility index (Phi) is 7.37. The van der Waals surface area contributed by atoms with Gasteiger partial charge >= 0.3 is 6.03 Å². The van der Waals surface area contributed by atoms with Gasteiger partial charge in [-0.05, 0) is 48.5 Å². The maximum Gasteiger partial charge on any atom is 0.322 e. The molecular weight excluding hydrogens is 528 g/mol. The monoisotopic (exact) mass is 551 g/mol. The summed E-state index contributed by atoms with van der Waals surface area (Å²) in [7, 11) is -3.05. The molecule has 1 aliphatic heterocycles. The van der Waals surface area contributed by atoms with Crippen molar-refractivity contribution in [3.63, 3.8) is 0 Å². The molecule has 9 nitrogen and oxygen atoms in total. The van der Waals surface area contributed by atoms with Gasteiger partial charge in [0.2, 0.25) is 10.9 Å². The zero-order chi connectivity index (χ0) is 27.5. The molecule has 0 unspecified atom stereocenters. The summed E-state index contributed by atoms with van der Waals surface area (Å²) in [6.45, 7) is 0.939. The molecule has 2 heterocycles. The quantitative estimate of drug-likeness (QED) is 0.363. The fraction of sp³-hybridized carbons (Fsp3) is 0.148. The van der Waals surface area contributed by atoms with Crippen LogP contribution < -0.4 is 9.62 Å². The number of anilines is 3. The van der Waals surface area contributed by atoms with Crippen molar-refractivity contribution in [3.05, 3.63) is 96.2 Å². The topological polar surface area (TPSA) is 103 Å². The summed E-state index contributed by atoms with van der Waals surface area (Å²) in [6.07, 6.45) is 1.59. The van der Waals surface area contributed by atoms with Gasteiger partial charge in [0.05, 0.1) is 22.6 Å². The van der Waals surface area contributed by atoms with Crippen LogP contribution in [0, 0.1) is 11.6 Å². The van der Waals surface area contributed by atoms with E-state index in [1.165, 1.54) is 4.90 Å². The smallest absolute Gasteiger partial charge is 0.322 e. The molecule has 0 bridgehead atoms. The third-order valence-electron chi connectivity index (χ3n) is 6.39. The summed E-state index contributed by atoms with van der Waals surface area (Å²) < 4.78 is 52.6. The number of para-hydroxylation sites is 1. The van der Waals surface area contributed by atoms with Gasteiger partial charge in [-0.3, -0.25) is 9.78 Å². The number of pyridine rings is 1. The molecule has 1 aliphatic rings. The lowest BCUT2D eigenvalue weighted by Gasteiger charge is -2.34. The van der Waals surface area contributed by atoms with Gasteiger partial charge in [0.15, 0.2) is 0 Å². The zero-order valence-corrected chi connectivity index (χ0v) is 21.4. The molecule has 12 heteroatoms. The minimum atomic E-state index is -3.05. The van der Waals surface area contributed by atoms with E-state index >= 15 is 0 Å². The van der Waals surface area contributed by atoms with Crippen molar-refractivity contribution >= 4 is 50.8 Å². The minimum Gasteiger partial charge on any atom is -0.335 e. The normalized spacial score (nSPS) is 13.5. The Morgan fingerprint density at radius 2 is 1.56 bits per heavy atom. The third-order valence-corrected chi connectivity index (χ3v) is 7.16. The largest absolute Gasteiger partial charge is 0.335 e. The average Bonchev–Trinajstić information content (AvgIpc) is 2.95. The first-order valence-electron chi connectivity index (χ1n) is 12.0. The number of urea groups is 1. The SMILES string of the molecule is O=C(Nc1ccc(F)cc1F)N1CCN(C(=O)c2ccc(N(c3cccc4cccnc34)[SH](=O)=O)cc2)CC1. The number of carbonyl (C=O) groups is 2. The van der Waals surface area contributed by atoms with Crippen LogP contribution in [-0.4, -0.2) is 61.3 Å². The highest BCUT2D eigenvalue weighted by molar-refractivity contribution is 7.74. The van der Waals surface area contributed by atoms with Crippen molar-refractivity contribution in [2.24, 2.45) is 0 Å². The third kappa shape index (κ3) is 5.50. The van der Waals surface area contributed by atoms with Crippen LogP contribution in [0.3, 0.4) is 0 Å². The first-order valence-corrected chi connectivity index (χ1v) is 13.1. The van der Waals surface area contributed by atoms with Gasteiger partial charge in [0.25, 0.3) is 5.91 Å². The maximum absolute atomic E-state index is 13.9. The van der Waals surface area contributed by atoms with E-state index in [9.17, 15) is 26.8 Å². The van der Waals surface area contributed by atoms with Crippen LogP contribution in [0.25, 0.3) is 10.9 Å². The lowest BCUT2D eigenvalue weighted by atomic mass is 10.1. The second-order valence-electron chi connectivity index (χ2n) is 8.78. The average molecular weight is 552 g/mol. The predicted molar refractivity (Wildman–Crippen MR) is 143 cm³/mol.